The smallest absolute Gasteiger partial charge is 0.339 e. The lowest BCUT2D eigenvalue weighted by Crippen LogP contribution is -2.17. The minimum Gasteiger partial charge on any atom is -0.462 e. The molecule has 3 nitrogen and oxygen atoms in total. The van der Waals surface area contributed by atoms with Crippen LogP contribution >= 0.6 is 23.2 Å². The lowest BCUT2D eigenvalue weighted by molar-refractivity contribution is 0.0410. The van der Waals surface area contributed by atoms with Crippen molar-refractivity contribution in [1.82, 2.24) is 4.98 Å². The van der Waals surface area contributed by atoms with Crippen molar-refractivity contribution in [1.29, 1.82) is 0 Å². The lowest BCUT2D eigenvalue weighted by atomic mass is 9.90. The first-order valence-electron chi connectivity index (χ1n) is 6.15. The summed E-state index contributed by atoms with van der Waals surface area (Å²) >= 11 is 11.6. The van der Waals surface area contributed by atoms with Gasteiger partial charge in [-0.25, -0.2) is 9.78 Å². The number of hydrogen-bond acceptors (Lipinski definition) is 3. The first-order valence-corrected chi connectivity index (χ1v) is 6.90. The van der Waals surface area contributed by atoms with Crippen LogP contribution in [-0.4, -0.2) is 17.6 Å². The first kappa shape index (κ1) is 13.6. The van der Waals surface area contributed by atoms with Crippen LogP contribution < -0.4 is 0 Å². The molecule has 0 spiro atoms. The second-order valence-corrected chi connectivity index (χ2v) is 5.38. The molecule has 2 rings (SSSR count). The number of rotatable bonds is 3. The Balaban J connectivity index is 1.92. The number of pyridine rings is 1. The Morgan fingerprint density at radius 1 is 1.33 bits per heavy atom. The summed E-state index contributed by atoms with van der Waals surface area (Å²) < 4.78 is 5.29. The molecule has 0 radical (unpaired) electrons. The van der Waals surface area contributed by atoms with E-state index in [0.717, 1.165) is 12.8 Å². The standard InChI is InChI=1S/C13H15Cl2NO2/c14-11-7-16-12(15)6-10(11)13(17)18-8-9-4-2-1-3-5-9/h6-7,9H,1-5,8H2. The highest BCUT2D eigenvalue weighted by Crippen LogP contribution is 2.25. The van der Waals surface area contributed by atoms with E-state index in [4.69, 9.17) is 27.9 Å². The molecule has 0 N–H and O–H groups in total. The maximum atomic E-state index is 11.9. The number of carbonyl (C=O) groups is 1. The number of ether oxygens (including phenoxy) is 1. The van der Waals surface area contributed by atoms with Crippen LogP contribution in [0.3, 0.4) is 0 Å². The molecule has 0 bridgehead atoms. The van der Waals surface area contributed by atoms with Gasteiger partial charge in [0.15, 0.2) is 0 Å². The first-order chi connectivity index (χ1) is 8.66. The Morgan fingerprint density at radius 3 is 2.78 bits per heavy atom. The van der Waals surface area contributed by atoms with Gasteiger partial charge in [-0.15, -0.1) is 0 Å². The Kier molecular flexibility index (Phi) is 4.84. The van der Waals surface area contributed by atoms with Crippen molar-refractivity contribution in [2.45, 2.75) is 32.1 Å². The summed E-state index contributed by atoms with van der Waals surface area (Å²) in [4.78, 5) is 15.7. The number of aromatic nitrogens is 1. The van der Waals surface area contributed by atoms with Gasteiger partial charge in [-0.3, -0.25) is 0 Å². The van der Waals surface area contributed by atoms with E-state index in [9.17, 15) is 4.79 Å². The van der Waals surface area contributed by atoms with Crippen LogP contribution in [0.1, 0.15) is 42.5 Å². The van der Waals surface area contributed by atoms with E-state index in [2.05, 4.69) is 4.98 Å². The molecule has 1 aromatic heterocycles. The monoisotopic (exact) mass is 287 g/mol. The quantitative estimate of drug-likeness (QED) is 0.620. The van der Waals surface area contributed by atoms with Crippen molar-refractivity contribution in [3.05, 3.63) is 28.0 Å². The second kappa shape index (κ2) is 6.39. The minimum absolute atomic E-state index is 0.240. The summed E-state index contributed by atoms with van der Waals surface area (Å²) in [5.74, 6) is 0.0636. The van der Waals surface area contributed by atoms with E-state index in [1.807, 2.05) is 0 Å². The highest BCUT2D eigenvalue weighted by Gasteiger charge is 2.18. The lowest BCUT2D eigenvalue weighted by Gasteiger charge is -2.21. The zero-order valence-electron chi connectivity index (χ0n) is 9.99. The Hall–Kier alpha value is -0.800. The maximum absolute atomic E-state index is 11.9. The number of hydrogen-bond donors (Lipinski definition) is 0. The fourth-order valence-electron chi connectivity index (χ4n) is 2.19. The van der Waals surface area contributed by atoms with Crippen LogP contribution in [0.4, 0.5) is 0 Å². The van der Waals surface area contributed by atoms with Gasteiger partial charge in [-0.2, -0.15) is 0 Å². The van der Waals surface area contributed by atoms with Gasteiger partial charge in [-0.05, 0) is 24.8 Å². The summed E-state index contributed by atoms with van der Waals surface area (Å²) in [5.41, 5.74) is 0.285. The molecular formula is C13H15Cl2NO2. The molecule has 1 aliphatic carbocycles. The number of carbonyl (C=O) groups excluding carboxylic acids is 1. The minimum atomic E-state index is -0.421. The normalized spacial score (nSPS) is 16.6. The highest BCUT2D eigenvalue weighted by atomic mass is 35.5. The molecule has 1 heterocycles. The van der Waals surface area contributed by atoms with Gasteiger partial charge in [-0.1, -0.05) is 42.5 Å². The number of esters is 1. The van der Waals surface area contributed by atoms with Gasteiger partial charge in [0.05, 0.1) is 17.2 Å². The Morgan fingerprint density at radius 2 is 2.06 bits per heavy atom. The fourth-order valence-corrected chi connectivity index (χ4v) is 2.53. The summed E-state index contributed by atoms with van der Waals surface area (Å²) in [5, 5.41) is 0.511. The van der Waals surface area contributed by atoms with E-state index >= 15 is 0 Å². The topological polar surface area (TPSA) is 39.2 Å². The Bertz CT molecular complexity index is 431. The molecule has 0 amide bonds. The van der Waals surface area contributed by atoms with Crippen molar-refractivity contribution in [3.8, 4) is 0 Å². The zero-order valence-corrected chi connectivity index (χ0v) is 11.5. The SMILES string of the molecule is O=C(OCC1CCCCC1)c1cc(Cl)ncc1Cl. The summed E-state index contributed by atoms with van der Waals surface area (Å²) in [6, 6.07) is 1.44. The van der Waals surface area contributed by atoms with E-state index in [1.165, 1.54) is 31.5 Å². The molecule has 1 aromatic rings. The predicted octanol–water partition coefficient (Wildman–Crippen LogP) is 4.13. The van der Waals surface area contributed by atoms with E-state index in [0.29, 0.717) is 12.5 Å². The molecule has 1 saturated carbocycles. The van der Waals surface area contributed by atoms with Crippen molar-refractivity contribution in [3.63, 3.8) is 0 Å². The summed E-state index contributed by atoms with van der Waals surface area (Å²) in [6.07, 6.45) is 7.38. The third-order valence-electron chi connectivity index (χ3n) is 3.22. The van der Waals surface area contributed by atoms with Gasteiger partial charge in [0.2, 0.25) is 0 Å². The van der Waals surface area contributed by atoms with Crippen LogP contribution in [0.2, 0.25) is 10.2 Å². The third-order valence-corrected chi connectivity index (χ3v) is 3.72. The van der Waals surface area contributed by atoms with Crippen LogP contribution in [-0.2, 0) is 4.74 Å². The summed E-state index contributed by atoms with van der Waals surface area (Å²) in [6.45, 7) is 0.467. The molecule has 0 aliphatic heterocycles. The molecule has 98 valence electrons. The van der Waals surface area contributed by atoms with Gasteiger partial charge in [0, 0.05) is 6.20 Å². The average Bonchev–Trinajstić information content (AvgIpc) is 2.40. The van der Waals surface area contributed by atoms with Gasteiger partial charge < -0.3 is 4.74 Å². The van der Waals surface area contributed by atoms with Crippen molar-refractivity contribution < 1.29 is 9.53 Å². The molecule has 1 aliphatic rings. The zero-order chi connectivity index (χ0) is 13.0. The van der Waals surface area contributed by atoms with Gasteiger partial charge in [0.25, 0.3) is 0 Å². The van der Waals surface area contributed by atoms with Crippen molar-refractivity contribution in [2.75, 3.05) is 6.61 Å². The molecule has 0 unspecified atom stereocenters. The molecule has 0 atom stereocenters. The number of nitrogens with zero attached hydrogens (tertiary/aromatic N) is 1. The van der Waals surface area contributed by atoms with Crippen LogP contribution in [0, 0.1) is 5.92 Å². The average molecular weight is 288 g/mol. The van der Waals surface area contributed by atoms with Crippen molar-refractivity contribution in [2.24, 2.45) is 5.92 Å². The Labute approximate surface area is 116 Å². The van der Waals surface area contributed by atoms with E-state index in [1.54, 1.807) is 0 Å². The second-order valence-electron chi connectivity index (χ2n) is 4.59. The van der Waals surface area contributed by atoms with E-state index < -0.39 is 5.97 Å². The molecule has 18 heavy (non-hydrogen) atoms. The molecule has 1 fully saturated rings. The molecule has 0 aromatic carbocycles. The van der Waals surface area contributed by atoms with Crippen LogP contribution in [0.25, 0.3) is 0 Å². The molecule has 0 saturated heterocycles. The van der Waals surface area contributed by atoms with Crippen LogP contribution in [0.5, 0.6) is 0 Å². The number of halogens is 2. The maximum Gasteiger partial charge on any atom is 0.339 e. The van der Waals surface area contributed by atoms with E-state index in [-0.39, 0.29) is 15.7 Å². The fraction of sp³-hybridized carbons (Fsp3) is 0.538. The van der Waals surface area contributed by atoms with Crippen LogP contribution in [0.15, 0.2) is 12.3 Å². The predicted molar refractivity (Wildman–Crippen MR) is 71.1 cm³/mol. The molecule has 5 heteroatoms. The summed E-state index contributed by atoms with van der Waals surface area (Å²) in [7, 11) is 0. The van der Waals surface area contributed by atoms with Gasteiger partial charge >= 0.3 is 5.97 Å². The molecular weight excluding hydrogens is 273 g/mol. The third kappa shape index (κ3) is 3.59. The highest BCUT2D eigenvalue weighted by molar-refractivity contribution is 6.34. The van der Waals surface area contributed by atoms with Gasteiger partial charge in [0.1, 0.15) is 5.15 Å². The van der Waals surface area contributed by atoms with Crippen molar-refractivity contribution >= 4 is 29.2 Å². The largest absolute Gasteiger partial charge is 0.462 e.